The Balaban J connectivity index is 2.21. The van der Waals surface area contributed by atoms with Crippen molar-refractivity contribution >= 4 is 0 Å². The highest BCUT2D eigenvalue weighted by Gasteiger charge is 2.41. The number of benzene rings is 1. The Bertz CT molecular complexity index is 435. The Morgan fingerprint density at radius 2 is 1.95 bits per heavy atom. The van der Waals surface area contributed by atoms with Gasteiger partial charge in [0, 0.05) is 12.6 Å². The Morgan fingerprint density at radius 3 is 2.55 bits per heavy atom. The van der Waals surface area contributed by atoms with Crippen molar-refractivity contribution in [1.29, 1.82) is 0 Å². The maximum atomic E-state index is 6.22. The van der Waals surface area contributed by atoms with Gasteiger partial charge < -0.3 is 10.1 Å². The van der Waals surface area contributed by atoms with Crippen molar-refractivity contribution in [2.24, 2.45) is 0 Å². The van der Waals surface area contributed by atoms with Gasteiger partial charge >= 0.3 is 0 Å². The van der Waals surface area contributed by atoms with E-state index in [4.69, 9.17) is 4.74 Å². The molecule has 1 aromatic carbocycles. The second-order valence-corrected chi connectivity index (χ2v) is 6.18. The highest BCUT2D eigenvalue weighted by atomic mass is 16.5. The number of likely N-dealkylation sites (N-methyl/N-ethyl adjacent to an activating group) is 1. The van der Waals surface area contributed by atoms with E-state index in [0.717, 1.165) is 13.0 Å². The van der Waals surface area contributed by atoms with E-state index < -0.39 is 0 Å². The summed E-state index contributed by atoms with van der Waals surface area (Å²) >= 11 is 0. The third-order valence-corrected chi connectivity index (χ3v) is 4.79. The molecule has 0 aromatic heterocycles. The van der Waals surface area contributed by atoms with Gasteiger partial charge in [-0.3, -0.25) is 0 Å². The van der Waals surface area contributed by atoms with Gasteiger partial charge in [0.05, 0.1) is 5.60 Å². The minimum atomic E-state index is 0.0414. The fourth-order valence-corrected chi connectivity index (χ4v) is 3.65. The molecule has 1 aliphatic rings. The molecule has 1 unspecified atom stereocenters. The molecule has 2 rings (SSSR count). The Kier molecular flexibility index (Phi) is 5.22. The van der Waals surface area contributed by atoms with E-state index >= 15 is 0 Å². The van der Waals surface area contributed by atoms with Crippen LogP contribution in [-0.4, -0.2) is 25.3 Å². The second-order valence-electron chi connectivity index (χ2n) is 6.18. The van der Waals surface area contributed by atoms with Gasteiger partial charge in [0.2, 0.25) is 0 Å². The Morgan fingerprint density at radius 1 is 1.25 bits per heavy atom. The van der Waals surface area contributed by atoms with E-state index in [1.165, 1.54) is 42.4 Å². The molecule has 0 bridgehead atoms. The number of nitrogens with one attached hydrogen (secondary N) is 1. The highest BCUT2D eigenvalue weighted by molar-refractivity contribution is 5.31. The van der Waals surface area contributed by atoms with Crippen LogP contribution >= 0.6 is 0 Å². The van der Waals surface area contributed by atoms with E-state index in [2.05, 4.69) is 51.3 Å². The first-order valence-corrected chi connectivity index (χ1v) is 7.98. The maximum Gasteiger partial charge on any atom is 0.0837 e. The van der Waals surface area contributed by atoms with Crippen molar-refractivity contribution in [3.63, 3.8) is 0 Å². The lowest BCUT2D eigenvalue weighted by atomic mass is 9.86. The summed E-state index contributed by atoms with van der Waals surface area (Å²) in [7, 11) is 2.08. The van der Waals surface area contributed by atoms with Crippen LogP contribution in [0.3, 0.4) is 0 Å². The quantitative estimate of drug-likeness (QED) is 0.853. The van der Waals surface area contributed by atoms with Crippen LogP contribution in [0.25, 0.3) is 0 Å². The largest absolute Gasteiger partial charge is 0.374 e. The van der Waals surface area contributed by atoms with Gasteiger partial charge in [-0.1, -0.05) is 36.6 Å². The zero-order chi connectivity index (χ0) is 14.6. The molecule has 112 valence electrons. The monoisotopic (exact) mass is 275 g/mol. The SMILES string of the molecule is CCOC1(C(Cc2cc(C)ccc2C)NC)CCCC1. The molecule has 20 heavy (non-hydrogen) atoms. The molecule has 0 heterocycles. The minimum Gasteiger partial charge on any atom is -0.374 e. The van der Waals surface area contributed by atoms with Crippen LogP contribution in [0.15, 0.2) is 18.2 Å². The summed E-state index contributed by atoms with van der Waals surface area (Å²) in [6.45, 7) is 7.31. The molecular weight excluding hydrogens is 246 g/mol. The lowest BCUT2D eigenvalue weighted by Crippen LogP contribution is -2.51. The third-order valence-electron chi connectivity index (χ3n) is 4.79. The average Bonchev–Trinajstić information content (AvgIpc) is 2.89. The Hall–Kier alpha value is -0.860. The zero-order valence-corrected chi connectivity index (χ0v) is 13.5. The van der Waals surface area contributed by atoms with Crippen molar-refractivity contribution in [1.82, 2.24) is 5.32 Å². The third kappa shape index (κ3) is 3.24. The summed E-state index contributed by atoms with van der Waals surface area (Å²) < 4.78 is 6.22. The van der Waals surface area contributed by atoms with Gasteiger partial charge in [0.15, 0.2) is 0 Å². The van der Waals surface area contributed by atoms with E-state index in [-0.39, 0.29) is 5.60 Å². The normalized spacial score (nSPS) is 19.2. The predicted molar refractivity (Wildman–Crippen MR) is 85.3 cm³/mol. The molecule has 2 heteroatoms. The highest BCUT2D eigenvalue weighted by Crippen LogP contribution is 2.37. The fraction of sp³-hybridized carbons (Fsp3) is 0.667. The van der Waals surface area contributed by atoms with E-state index in [1.807, 2.05) is 0 Å². The topological polar surface area (TPSA) is 21.3 Å². The van der Waals surface area contributed by atoms with Gasteiger partial charge in [-0.05, 0) is 58.2 Å². The molecular formula is C18H29NO. The summed E-state index contributed by atoms with van der Waals surface area (Å²) in [4.78, 5) is 0. The van der Waals surface area contributed by atoms with E-state index in [9.17, 15) is 0 Å². The number of ether oxygens (including phenoxy) is 1. The molecule has 1 N–H and O–H groups in total. The van der Waals surface area contributed by atoms with Crippen molar-refractivity contribution in [3.05, 3.63) is 34.9 Å². The Labute approximate surface area is 123 Å². The van der Waals surface area contributed by atoms with Crippen LogP contribution in [0.5, 0.6) is 0 Å². The second kappa shape index (κ2) is 6.73. The summed E-state index contributed by atoms with van der Waals surface area (Å²) in [5, 5.41) is 3.54. The number of aryl methyl sites for hydroxylation is 2. The van der Waals surface area contributed by atoms with Gasteiger partial charge in [-0.2, -0.15) is 0 Å². The van der Waals surface area contributed by atoms with Crippen LogP contribution in [-0.2, 0) is 11.2 Å². The molecule has 1 atom stereocenters. The molecule has 1 aliphatic carbocycles. The fourth-order valence-electron chi connectivity index (χ4n) is 3.65. The number of hydrogen-bond acceptors (Lipinski definition) is 2. The van der Waals surface area contributed by atoms with Gasteiger partial charge in [-0.25, -0.2) is 0 Å². The molecule has 1 saturated carbocycles. The van der Waals surface area contributed by atoms with Crippen molar-refractivity contribution in [3.8, 4) is 0 Å². The smallest absolute Gasteiger partial charge is 0.0837 e. The van der Waals surface area contributed by atoms with Gasteiger partial charge in [0.25, 0.3) is 0 Å². The van der Waals surface area contributed by atoms with E-state index in [0.29, 0.717) is 6.04 Å². The summed E-state index contributed by atoms with van der Waals surface area (Å²) in [5.74, 6) is 0. The lowest BCUT2D eigenvalue weighted by molar-refractivity contribution is -0.0597. The minimum absolute atomic E-state index is 0.0414. The molecule has 1 fully saturated rings. The number of hydrogen-bond donors (Lipinski definition) is 1. The van der Waals surface area contributed by atoms with Crippen LogP contribution in [0.4, 0.5) is 0 Å². The maximum absolute atomic E-state index is 6.22. The summed E-state index contributed by atoms with van der Waals surface area (Å²) in [6.07, 6.45) is 6.04. The van der Waals surface area contributed by atoms with Gasteiger partial charge in [0.1, 0.15) is 0 Å². The number of rotatable bonds is 6. The molecule has 0 radical (unpaired) electrons. The predicted octanol–water partition coefficient (Wildman–Crippen LogP) is 3.78. The van der Waals surface area contributed by atoms with Crippen molar-refractivity contribution < 1.29 is 4.74 Å². The van der Waals surface area contributed by atoms with Crippen molar-refractivity contribution in [2.45, 2.75) is 64.5 Å². The molecule has 0 spiro atoms. The molecule has 0 saturated heterocycles. The summed E-state index contributed by atoms with van der Waals surface area (Å²) in [6, 6.07) is 7.17. The molecule has 0 aliphatic heterocycles. The van der Waals surface area contributed by atoms with Crippen LogP contribution in [0.1, 0.15) is 49.3 Å². The van der Waals surface area contributed by atoms with E-state index in [1.54, 1.807) is 0 Å². The zero-order valence-electron chi connectivity index (χ0n) is 13.5. The average molecular weight is 275 g/mol. The van der Waals surface area contributed by atoms with Gasteiger partial charge in [-0.15, -0.1) is 0 Å². The van der Waals surface area contributed by atoms with Crippen molar-refractivity contribution in [2.75, 3.05) is 13.7 Å². The first-order valence-electron chi connectivity index (χ1n) is 7.98. The standard InChI is InChI=1S/C18H29NO/c1-5-20-18(10-6-7-11-18)17(19-4)13-16-12-14(2)8-9-15(16)3/h8-9,12,17,19H,5-7,10-11,13H2,1-4H3. The summed E-state index contributed by atoms with van der Waals surface area (Å²) in [5.41, 5.74) is 4.23. The molecule has 1 aromatic rings. The molecule has 2 nitrogen and oxygen atoms in total. The first kappa shape index (κ1) is 15.5. The van der Waals surface area contributed by atoms with Crippen LogP contribution < -0.4 is 5.32 Å². The van der Waals surface area contributed by atoms with Crippen LogP contribution in [0.2, 0.25) is 0 Å². The lowest BCUT2D eigenvalue weighted by Gasteiger charge is -2.37. The molecule has 0 amide bonds. The first-order chi connectivity index (χ1) is 9.61. The van der Waals surface area contributed by atoms with Crippen LogP contribution in [0, 0.1) is 13.8 Å².